The summed E-state index contributed by atoms with van der Waals surface area (Å²) in [5.41, 5.74) is 1.34. The van der Waals surface area contributed by atoms with Crippen molar-refractivity contribution in [3.8, 4) is 11.1 Å². The van der Waals surface area contributed by atoms with Crippen molar-refractivity contribution in [1.29, 1.82) is 0 Å². The number of hydrogen-bond acceptors (Lipinski definition) is 5. The average molecular weight is 526 g/mol. The van der Waals surface area contributed by atoms with E-state index in [1.165, 1.54) is 13.2 Å². The van der Waals surface area contributed by atoms with Gasteiger partial charge in [-0.1, -0.05) is 43.3 Å². The lowest BCUT2D eigenvalue weighted by Crippen LogP contribution is -2.50. The van der Waals surface area contributed by atoms with Crippen molar-refractivity contribution in [2.75, 3.05) is 39.8 Å². The Labute approximate surface area is 224 Å². The predicted molar refractivity (Wildman–Crippen MR) is 145 cm³/mol. The summed E-state index contributed by atoms with van der Waals surface area (Å²) in [4.78, 5) is 26.8. The molecule has 2 aliphatic heterocycles. The van der Waals surface area contributed by atoms with E-state index in [4.69, 9.17) is 0 Å². The van der Waals surface area contributed by atoms with Gasteiger partial charge >= 0.3 is 6.09 Å². The van der Waals surface area contributed by atoms with Gasteiger partial charge in [0, 0.05) is 37.7 Å². The Kier molecular flexibility index (Phi) is 9.39. The molecule has 2 aromatic carbocycles. The monoisotopic (exact) mass is 525 g/mol. The maximum absolute atomic E-state index is 15.6. The van der Waals surface area contributed by atoms with E-state index in [9.17, 15) is 14.7 Å². The van der Waals surface area contributed by atoms with Gasteiger partial charge in [0.05, 0.1) is 18.6 Å². The Balaban J connectivity index is 1.69. The number of methoxy groups -OCH3 is 1. The van der Waals surface area contributed by atoms with Crippen molar-refractivity contribution in [1.82, 2.24) is 15.5 Å². The van der Waals surface area contributed by atoms with E-state index < -0.39 is 11.7 Å². The molecule has 3 atom stereocenters. The van der Waals surface area contributed by atoms with Gasteiger partial charge in [-0.3, -0.25) is 4.79 Å². The van der Waals surface area contributed by atoms with Crippen LogP contribution < -0.4 is 10.6 Å². The number of aliphatic hydroxyl groups is 1. The second-order valence-corrected chi connectivity index (χ2v) is 10.5. The minimum Gasteiger partial charge on any atom is -0.453 e. The number of carbonyl (C=O) groups excluding carboxylic acids is 2. The summed E-state index contributed by atoms with van der Waals surface area (Å²) in [5.74, 6) is -0.567. The molecule has 7 nitrogen and oxygen atoms in total. The second kappa shape index (κ2) is 12.7. The van der Waals surface area contributed by atoms with Crippen molar-refractivity contribution in [2.45, 2.75) is 51.0 Å². The molecule has 0 saturated carbocycles. The van der Waals surface area contributed by atoms with Crippen LogP contribution in [0.3, 0.4) is 0 Å². The first-order valence-electron chi connectivity index (χ1n) is 13.8. The molecule has 0 bridgehead atoms. The number of amides is 2. The van der Waals surface area contributed by atoms with Crippen molar-refractivity contribution < 1.29 is 23.8 Å². The molecule has 0 aromatic heterocycles. The molecule has 2 aliphatic rings. The number of likely N-dealkylation sites (tertiary alicyclic amines) is 1. The SMILES string of the molecule is CCc1cccc(-c2c(F)cccc2[C@](O)(CCCNC(=O)OC)[C@@H]2CCCN(C(=O)[C@@H]3CCNC3)C2)c1. The lowest BCUT2D eigenvalue weighted by molar-refractivity contribution is -0.140. The summed E-state index contributed by atoms with van der Waals surface area (Å²) in [6.45, 7) is 4.98. The largest absolute Gasteiger partial charge is 0.453 e. The normalized spacial score (nSPS) is 21.1. The second-order valence-electron chi connectivity index (χ2n) is 10.5. The molecule has 2 saturated heterocycles. The molecule has 0 aliphatic carbocycles. The van der Waals surface area contributed by atoms with Gasteiger partial charge in [-0.25, -0.2) is 9.18 Å². The molecule has 2 fully saturated rings. The molecule has 2 amide bonds. The molecule has 8 heteroatoms. The summed E-state index contributed by atoms with van der Waals surface area (Å²) in [6, 6.07) is 12.7. The zero-order chi connectivity index (χ0) is 27.1. The smallest absolute Gasteiger partial charge is 0.406 e. The van der Waals surface area contributed by atoms with Crippen LogP contribution in [0.15, 0.2) is 42.5 Å². The van der Waals surface area contributed by atoms with Crippen LogP contribution in [0.5, 0.6) is 0 Å². The molecular weight excluding hydrogens is 485 g/mol. The molecule has 4 rings (SSSR count). The highest BCUT2D eigenvalue weighted by molar-refractivity contribution is 5.79. The number of hydrogen-bond donors (Lipinski definition) is 3. The summed E-state index contributed by atoms with van der Waals surface area (Å²) < 4.78 is 20.2. The van der Waals surface area contributed by atoms with E-state index in [1.807, 2.05) is 35.2 Å². The molecule has 2 heterocycles. The third-order valence-electron chi connectivity index (χ3n) is 8.11. The maximum Gasteiger partial charge on any atom is 0.406 e. The third-order valence-corrected chi connectivity index (χ3v) is 8.11. The van der Waals surface area contributed by atoms with Crippen LogP contribution in [0.4, 0.5) is 9.18 Å². The Morgan fingerprint density at radius 1 is 1.24 bits per heavy atom. The number of nitrogens with zero attached hydrogens (tertiary/aromatic N) is 1. The molecular formula is C30H40FN3O4. The van der Waals surface area contributed by atoms with Crippen molar-refractivity contribution in [3.05, 3.63) is 59.4 Å². The minimum absolute atomic E-state index is 0.0346. The van der Waals surface area contributed by atoms with Crippen molar-refractivity contribution in [2.24, 2.45) is 11.8 Å². The van der Waals surface area contributed by atoms with Gasteiger partial charge < -0.3 is 25.4 Å². The molecule has 0 spiro atoms. The Morgan fingerprint density at radius 3 is 2.79 bits per heavy atom. The Bertz CT molecular complexity index is 1120. The first kappa shape index (κ1) is 28.0. The van der Waals surface area contributed by atoms with Gasteiger partial charge in [-0.05, 0) is 67.8 Å². The average Bonchev–Trinajstić information content (AvgIpc) is 3.50. The van der Waals surface area contributed by atoms with Gasteiger partial charge in [0.2, 0.25) is 5.91 Å². The zero-order valence-corrected chi connectivity index (χ0v) is 22.5. The summed E-state index contributed by atoms with van der Waals surface area (Å²) in [6.07, 6.45) is 3.37. The van der Waals surface area contributed by atoms with E-state index in [1.54, 1.807) is 6.07 Å². The van der Waals surface area contributed by atoms with Crippen LogP contribution in [0, 0.1) is 17.7 Å². The van der Waals surface area contributed by atoms with Gasteiger partial charge in [0.1, 0.15) is 5.82 Å². The van der Waals surface area contributed by atoms with E-state index >= 15 is 4.39 Å². The lowest BCUT2D eigenvalue weighted by Gasteiger charge is -2.44. The number of halogens is 1. The van der Waals surface area contributed by atoms with Crippen LogP contribution in [-0.4, -0.2) is 61.8 Å². The van der Waals surface area contributed by atoms with Crippen LogP contribution in [0.1, 0.15) is 50.2 Å². The van der Waals surface area contributed by atoms with E-state index in [2.05, 4.69) is 22.3 Å². The summed E-state index contributed by atoms with van der Waals surface area (Å²) in [7, 11) is 1.31. The molecule has 0 radical (unpaired) electrons. The minimum atomic E-state index is -1.40. The molecule has 206 valence electrons. The van der Waals surface area contributed by atoms with E-state index in [0.717, 1.165) is 43.4 Å². The molecule has 38 heavy (non-hydrogen) atoms. The summed E-state index contributed by atoms with van der Waals surface area (Å²) in [5, 5.41) is 18.5. The number of carbonyl (C=O) groups is 2. The number of rotatable bonds is 9. The predicted octanol–water partition coefficient (Wildman–Crippen LogP) is 4.23. The Morgan fingerprint density at radius 2 is 2.05 bits per heavy atom. The first-order chi connectivity index (χ1) is 18.4. The lowest BCUT2D eigenvalue weighted by atomic mass is 9.72. The molecule has 2 aromatic rings. The van der Waals surface area contributed by atoms with Gasteiger partial charge in [-0.2, -0.15) is 0 Å². The number of benzene rings is 2. The van der Waals surface area contributed by atoms with Gasteiger partial charge in [0.25, 0.3) is 0 Å². The van der Waals surface area contributed by atoms with E-state index in [-0.39, 0.29) is 23.6 Å². The standard InChI is InChI=1S/C30H40FN3O4/c1-3-21-8-4-9-22(18-21)27-25(11-5-12-26(27)31)30(37,14-7-15-33-29(36)38-2)24-10-6-17-34(20-24)28(35)23-13-16-32-19-23/h4-5,8-9,11-12,18,23-24,32,37H,3,6-7,10,13-17,19-20H2,1-2H3,(H,33,36)/t23-,24-,30+/m1/s1. The zero-order valence-electron chi connectivity index (χ0n) is 22.5. The topological polar surface area (TPSA) is 90.9 Å². The first-order valence-corrected chi connectivity index (χ1v) is 13.8. The number of nitrogens with one attached hydrogen (secondary N) is 2. The number of piperidine rings is 1. The number of aryl methyl sites for hydroxylation is 1. The summed E-state index contributed by atoms with van der Waals surface area (Å²) >= 11 is 0. The maximum atomic E-state index is 15.6. The van der Waals surface area contributed by atoms with Crippen molar-refractivity contribution >= 4 is 12.0 Å². The third kappa shape index (κ3) is 6.18. The fourth-order valence-corrected chi connectivity index (χ4v) is 6.00. The highest BCUT2D eigenvalue weighted by Crippen LogP contribution is 2.44. The molecule has 0 unspecified atom stereocenters. The van der Waals surface area contributed by atoms with Crippen LogP contribution in [0.2, 0.25) is 0 Å². The van der Waals surface area contributed by atoms with Crippen LogP contribution in [0.25, 0.3) is 11.1 Å². The van der Waals surface area contributed by atoms with Crippen LogP contribution in [-0.2, 0) is 21.6 Å². The van der Waals surface area contributed by atoms with Gasteiger partial charge in [0.15, 0.2) is 0 Å². The van der Waals surface area contributed by atoms with Crippen molar-refractivity contribution in [3.63, 3.8) is 0 Å². The quantitative estimate of drug-likeness (QED) is 0.427. The fraction of sp³-hybridized carbons (Fsp3) is 0.533. The highest BCUT2D eigenvalue weighted by atomic mass is 19.1. The van der Waals surface area contributed by atoms with E-state index in [0.29, 0.717) is 50.1 Å². The Hall–Kier alpha value is -2.97. The number of alkyl carbamates (subject to hydrolysis) is 1. The fourth-order valence-electron chi connectivity index (χ4n) is 6.00. The highest BCUT2D eigenvalue weighted by Gasteiger charge is 2.43. The number of ether oxygens (including phenoxy) is 1. The van der Waals surface area contributed by atoms with Crippen LogP contribution >= 0.6 is 0 Å². The molecule has 3 N–H and O–H groups in total. The van der Waals surface area contributed by atoms with Gasteiger partial charge in [-0.15, -0.1) is 0 Å².